The van der Waals surface area contributed by atoms with Crippen molar-refractivity contribution in [2.24, 2.45) is 0 Å². The molecule has 1 N–H and O–H groups in total. The fourth-order valence-electron chi connectivity index (χ4n) is 3.27. The Morgan fingerprint density at radius 2 is 1.37 bits per heavy atom. The second kappa shape index (κ2) is 14.2. The Morgan fingerprint density at radius 3 is 1.89 bits per heavy atom. The number of aromatic carboxylic acids is 1. The van der Waals surface area contributed by atoms with Gasteiger partial charge in [-0.15, -0.1) is 0 Å². The van der Waals surface area contributed by atoms with E-state index in [4.69, 9.17) is 4.74 Å². The summed E-state index contributed by atoms with van der Waals surface area (Å²) in [5.41, 5.74) is 0.128. The van der Waals surface area contributed by atoms with Crippen LogP contribution in [0.2, 0.25) is 0 Å². The Kier molecular flexibility index (Phi) is 12.2. The maximum Gasteiger partial charge on any atom is 0.339 e. The van der Waals surface area contributed by atoms with E-state index in [1.165, 1.54) is 63.5 Å². The molecule has 1 atom stereocenters. The summed E-state index contributed by atoms with van der Waals surface area (Å²) < 4.78 is 5.56. The van der Waals surface area contributed by atoms with Gasteiger partial charge in [-0.2, -0.15) is 0 Å². The first-order valence-corrected chi connectivity index (χ1v) is 10.6. The minimum absolute atomic E-state index is 0.00344. The Hall–Kier alpha value is -1.84. The average Bonchev–Trinajstić information content (AvgIpc) is 2.68. The van der Waals surface area contributed by atoms with Crippen LogP contribution in [-0.2, 0) is 4.74 Å². The topological polar surface area (TPSA) is 63.6 Å². The van der Waals surface area contributed by atoms with Gasteiger partial charge in [-0.25, -0.2) is 9.59 Å². The Bertz CT molecular complexity index is 553. The minimum atomic E-state index is -1.11. The molecular formula is C23H36O4. The molecule has 0 aliphatic carbocycles. The van der Waals surface area contributed by atoms with Crippen molar-refractivity contribution in [3.63, 3.8) is 0 Å². The summed E-state index contributed by atoms with van der Waals surface area (Å²) in [5.74, 6) is -1.64. The van der Waals surface area contributed by atoms with Gasteiger partial charge in [0.2, 0.25) is 0 Å². The lowest BCUT2D eigenvalue weighted by molar-refractivity contribution is 0.0262. The molecule has 0 spiro atoms. The normalized spacial score (nSPS) is 11.9. The van der Waals surface area contributed by atoms with E-state index in [0.29, 0.717) is 0 Å². The first-order chi connectivity index (χ1) is 13.1. The lowest BCUT2D eigenvalue weighted by Gasteiger charge is -2.17. The zero-order valence-corrected chi connectivity index (χ0v) is 17.0. The molecule has 4 heteroatoms. The SMILES string of the molecule is CCCCCCCCCCCCC(CC)OC(=O)c1ccccc1C(=O)O. The molecule has 0 radical (unpaired) electrons. The molecule has 1 aromatic carbocycles. The summed E-state index contributed by atoms with van der Waals surface area (Å²) in [4.78, 5) is 23.6. The lowest BCUT2D eigenvalue weighted by atomic mass is 10.0. The number of esters is 1. The largest absolute Gasteiger partial charge is 0.478 e. The predicted molar refractivity (Wildman–Crippen MR) is 109 cm³/mol. The number of hydrogen-bond acceptors (Lipinski definition) is 3. The van der Waals surface area contributed by atoms with Crippen molar-refractivity contribution in [1.82, 2.24) is 0 Å². The zero-order chi connectivity index (χ0) is 19.9. The van der Waals surface area contributed by atoms with Crippen molar-refractivity contribution in [2.45, 2.75) is 97.0 Å². The van der Waals surface area contributed by atoms with Gasteiger partial charge in [0.25, 0.3) is 0 Å². The van der Waals surface area contributed by atoms with Crippen molar-refractivity contribution in [3.8, 4) is 0 Å². The molecule has 4 nitrogen and oxygen atoms in total. The van der Waals surface area contributed by atoms with Crippen molar-refractivity contribution in [2.75, 3.05) is 0 Å². The smallest absolute Gasteiger partial charge is 0.339 e. The van der Waals surface area contributed by atoms with Gasteiger partial charge < -0.3 is 9.84 Å². The van der Waals surface area contributed by atoms with Crippen molar-refractivity contribution in [3.05, 3.63) is 35.4 Å². The molecule has 0 aliphatic heterocycles. The van der Waals surface area contributed by atoms with Crippen molar-refractivity contribution >= 4 is 11.9 Å². The number of carbonyl (C=O) groups excluding carboxylic acids is 1. The number of unbranched alkanes of at least 4 members (excludes halogenated alkanes) is 9. The number of hydrogen-bond donors (Lipinski definition) is 1. The third-order valence-corrected chi connectivity index (χ3v) is 4.99. The molecule has 1 rings (SSSR count). The molecule has 1 aromatic rings. The number of carboxylic acids is 1. The molecule has 0 aromatic heterocycles. The van der Waals surface area contributed by atoms with E-state index in [2.05, 4.69) is 6.92 Å². The fraction of sp³-hybridized carbons (Fsp3) is 0.652. The first-order valence-electron chi connectivity index (χ1n) is 10.6. The van der Waals surface area contributed by atoms with Gasteiger partial charge >= 0.3 is 11.9 Å². The Morgan fingerprint density at radius 1 is 0.852 bits per heavy atom. The van der Waals surface area contributed by atoms with Crippen LogP contribution in [0.5, 0.6) is 0 Å². The van der Waals surface area contributed by atoms with E-state index < -0.39 is 11.9 Å². The quantitative estimate of drug-likeness (QED) is 0.275. The van der Waals surface area contributed by atoms with Crippen LogP contribution in [0.3, 0.4) is 0 Å². The molecule has 0 amide bonds. The zero-order valence-electron chi connectivity index (χ0n) is 17.0. The van der Waals surface area contributed by atoms with Crippen LogP contribution >= 0.6 is 0 Å². The van der Waals surface area contributed by atoms with Crippen molar-refractivity contribution in [1.29, 1.82) is 0 Å². The average molecular weight is 377 g/mol. The molecule has 0 heterocycles. The van der Waals surface area contributed by atoms with Gasteiger partial charge in [0, 0.05) is 0 Å². The van der Waals surface area contributed by atoms with Crippen LogP contribution in [0, 0.1) is 0 Å². The van der Waals surface area contributed by atoms with Crippen LogP contribution in [0.15, 0.2) is 24.3 Å². The molecule has 27 heavy (non-hydrogen) atoms. The highest BCUT2D eigenvalue weighted by atomic mass is 16.5. The molecule has 0 fully saturated rings. The van der Waals surface area contributed by atoms with E-state index in [1.54, 1.807) is 12.1 Å². The summed E-state index contributed by atoms with van der Waals surface area (Å²) in [5, 5.41) is 9.20. The fourth-order valence-corrected chi connectivity index (χ4v) is 3.27. The summed E-state index contributed by atoms with van der Waals surface area (Å²) in [7, 11) is 0. The summed E-state index contributed by atoms with van der Waals surface area (Å²) in [6.45, 7) is 4.24. The van der Waals surface area contributed by atoms with Gasteiger partial charge in [-0.1, -0.05) is 83.8 Å². The highest BCUT2D eigenvalue weighted by molar-refractivity contribution is 6.02. The highest BCUT2D eigenvalue weighted by Gasteiger charge is 2.20. The van der Waals surface area contributed by atoms with Gasteiger partial charge in [0.1, 0.15) is 6.10 Å². The maximum absolute atomic E-state index is 12.3. The second-order valence-electron chi connectivity index (χ2n) is 7.26. The molecule has 0 saturated carbocycles. The van der Waals surface area contributed by atoms with E-state index in [0.717, 1.165) is 25.7 Å². The van der Waals surface area contributed by atoms with Gasteiger partial charge in [-0.3, -0.25) is 0 Å². The van der Waals surface area contributed by atoms with Crippen molar-refractivity contribution < 1.29 is 19.4 Å². The Labute approximate surface area is 164 Å². The minimum Gasteiger partial charge on any atom is -0.478 e. The van der Waals surface area contributed by atoms with Crippen LogP contribution in [0.1, 0.15) is 112 Å². The molecule has 0 aliphatic rings. The lowest BCUT2D eigenvalue weighted by Crippen LogP contribution is -2.19. The maximum atomic E-state index is 12.3. The van der Waals surface area contributed by atoms with Crippen LogP contribution < -0.4 is 0 Å². The van der Waals surface area contributed by atoms with E-state index in [9.17, 15) is 14.7 Å². The van der Waals surface area contributed by atoms with Gasteiger partial charge in [-0.05, 0) is 31.4 Å². The van der Waals surface area contributed by atoms with Gasteiger partial charge in [0.05, 0.1) is 11.1 Å². The van der Waals surface area contributed by atoms with E-state index >= 15 is 0 Å². The predicted octanol–water partition coefficient (Wildman–Crippen LogP) is 6.63. The van der Waals surface area contributed by atoms with E-state index in [-0.39, 0.29) is 17.2 Å². The molecular weight excluding hydrogens is 340 g/mol. The third kappa shape index (κ3) is 9.60. The number of ether oxygens (including phenoxy) is 1. The van der Waals surface area contributed by atoms with Crippen LogP contribution in [0.4, 0.5) is 0 Å². The van der Waals surface area contributed by atoms with Gasteiger partial charge in [0.15, 0.2) is 0 Å². The number of benzene rings is 1. The number of rotatable bonds is 15. The number of carboxylic acid groups (broad SMARTS) is 1. The Balaban J connectivity index is 2.25. The first kappa shape index (κ1) is 23.2. The summed E-state index contributed by atoms with van der Waals surface area (Å²) >= 11 is 0. The molecule has 0 saturated heterocycles. The highest BCUT2D eigenvalue weighted by Crippen LogP contribution is 2.17. The second-order valence-corrected chi connectivity index (χ2v) is 7.26. The number of carbonyl (C=O) groups is 2. The molecule has 0 bridgehead atoms. The van der Waals surface area contributed by atoms with E-state index in [1.807, 2.05) is 6.92 Å². The molecule has 152 valence electrons. The standard InChI is InChI=1S/C23H36O4/c1-3-5-6-7-8-9-10-11-12-13-16-19(4-2)27-23(26)21-18-15-14-17-20(21)22(24)25/h14-15,17-19H,3-13,16H2,1-2H3,(H,24,25). The summed E-state index contributed by atoms with van der Waals surface area (Å²) in [6.07, 6.45) is 14.2. The third-order valence-electron chi connectivity index (χ3n) is 4.99. The monoisotopic (exact) mass is 376 g/mol. The van der Waals surface area contributed by atoms with Crippen LogP contribution in [0.25, 0.3) is 0 Å². The molecule has 1 unspecified atom stereocenters. The summed E-state index contributed by atoms with van der Waals surface area (Å²) in [6, 6.07) is 6.22. The van der Waals surface area contributed by atoms with Crippen LogP contribution in [-0.4, -0.2) is 23.1 Å².